The number of amides is 1. The van der Waals surface area contributed by atoms with Gasteiger partial charge in [-0.15, -0.1) is 0 Å². The summed E-state index contributed by atoms with van der Waals surface area (Å²) >= 11 is 3.27. The number of hydrogen-bond donors (Lipinski definition) is 0. The second-order valence-corrected chi connectivity index (χ2v) is 6.45. The van der Waals surface area contributed by atoms with E-state index in [4.69, 9.17) is 4.74 Å². The molecule has 1 aliphatic rings. The molecule has 1 atom stereocenters. The predicted octanol–water partition coefficient (Wildman–Crippen LogP) is 2.32. The largest absolute Gasteiger partial charge is 0.465 e. The SMILES string of the molecule is COC(=O)c1ccc(C(=O)N2CC[C@H](Oc3ncc(Br)cn3)C2)cc1. The number of rotatable bonds is 4. The summed E-state index contributed by atoms with van der Waals surface area (Å²) in [5.41, 5.74) is 0.933. The summed E-state index contributed by atoms with van der Waals surface area (Å²) in [5, 5.41) is 0. The summed E-state index contributed by atoms with van der Waals surface area (Å²) in [6.07, 6.45) is 3.80. The number of carbonyl (C=O) groups is 2. The van der Waals surface area contributed by atoms with E-state index in [-0.39, 0.29) is 12.0 Å². The van der Waals surface area contributed by atoms with E-state index < -0.39 is 5.97 Å². The van der Waals surface area contributed by atoms with E-state index in [1.165, 1.54) is 7.11 Å². The van der Waals surface area contributed by atoms with Gasteiger partial charge in [-0.3, -0.25) is 4.79 Å². The van der Waals surface area contributed by atoms with Crippen molar-refractivity contribution in [1.29, 1.82) is 0 Å². The first-order chi connectivity index (χ1) is 12.1. The molecule has 25 heavy (non-hydrogen) atoms. The van der Waals surface area contributed by atoms with Gasteiger partial charge < -0.3 is 14.4 Å². The Morgan fingerprint density at radius 1 is 1.16 bits per heavy atom. The first-order valence-electron chi connectivity index (χ1n) is 7.68. The summed E-state index contributed by atoms with van der Waals surface area (Å²) in [4.78, 5) is 33.9. The van der Waals surface area contributed by atoms with Gasteiger partial charge in [0.25, 0.3) is 5.91 Å². The van der Waals surface area contributed by atoms with Crippen LogP contribution in [0, 0.1) is 0 Å². The number of esters is 1. The van der Waals surface area contributed by atoms with Gasteiger partial charge in [0.05, 0.1) is 23.7 Å². The van der Waals surface area contributed by atoms with Crippen LogP contribution in [0.4, 0.5) is 0 Å². The van der Waals surface area contributed by atoms with E-state index in [0.717, 1.165) is 4.47 Å². The Bertz CT molecular complexity index is 764. The highest BCUT2D eigenvalue weighted by Crippen LogP contribution is 2.18. The van der Waals surface area contributed by atoms with E-state index in [0.29, 0.717) is 36.6 Å². The topological polar surface area (TPSA) is 81.6 Å². The molecule has 2 aromatic rings. The molecule has 1 fully saturated rings. The summed E-state index contributed by atoms with van der Waals surface area (Å²) in [5.74, 6) is -0.526. The lowest BCUT2D eigenvalue weighted by molar-refractivity contribution is 0.0600. The maximum atomic E-state index is 12.6. The quantitative estimate of drug-likeness (QED) is 0.725. The van der Waals surface area contributed by atoms with Crippen LogP contribution < -0.4 is 4.74 Å². The maximum absolute atomic E-state index is 12.6. The van der Waals surface area contributed by atoms with Gasteiger partial charge in [0, 0.05) is 30.9 Å². The molecule has 8 heteroatoms. The highest BCUT2D eigenvalue weighted by atomic mass is 79.9. The summed E-state index contributed by atoms with van der Waals surface area (Å²) in [6.45, 7) is 1.07. The van der Waals surface area contributed by atoms with Crippen molar-refractivity contribution in [3.8, 4) is 6.01 Å². The summed E-state index contributed by atoms with van der Waals surface area (Å²) in [6, 6.07) is 6.71. The number of ether oxygens (including phenoxy) is 2. The van der Waals surface area contributed by atoms with Gasteiger partial charge in [0.15, 0.2) is 0 Å². The Morgan fingerprint density at radius 3 is 2.44 bits per heavy atom. The van der Waals surface area contributed by atoms with Crippen LogP contribution in [0.15, 0.2) is 41.1 Å². The predicted molar refractivity (Wildman–Crippen MR) is 92.5 cm³/mol. The highest BCUT2D eigenvalue weighted by Gasteiger charge is 2.29. The van der Waals surface area contributed by atoms with E-state index in [2.05, 4.69) is 30.6 Å². The molecule has 0 N–H and O–H groups in total. The molecular formula is C17H16BrN3O4. The molecule has 0 unspecified atom stereocenters. The molecule has 3 rings (SSSR count). The molecule has 0 saturated carbocycles. The van der Waals surface area contributed by atoms with E-state index >= 15 is 0 Å². The first-order valence-corrected chi connectivity index (χ1v) is 8.48. The number of carbonyl (C=O) groups excluding carboxylic acids is 2. The lowest BCUT2D eigenvalue weighted by Gasteiger charge is -2.17. The van der Waals surface area contributed by atoms with Gasteiger partial charge in [-0.25, -0.2) is 14.8 Å². The lowest BCUT2D eigenvalue weighted by Crippen LogP contribution is -2.31. The third-order valence-corrected chi connectivity index (χ3v) is 4.26. The zero-order chi connectivity index (χ0) is 17.8. The minimum atomic E-state index is -0.428. The van der Waals surface area contributed by atoms with Gasteiger partial charge in [0.2, 0.25) is 0 Å². The van der Waals surface area contributed by atoms with Crippen LogP contribution >= 0.6 is 15.9 Å². The highest BCUT2D eigenvalue weighted by molar-refractivity contribution is 9.10. The van der Waals surface area contributed by atoms with Crippen molar-refractivity contribution in [2.75, 3.05) is 20.2 Å². The Morgan fingerprint density at radius 2 is 1.80 bits per heavy atom. The zero-order valence-electron chi connectivity index (χ0n) is 13.5. The fourth-order valence-electron chi connectivity index (χ4n) is 2.57. The van der Waals surface area contributed by atoms with Crippen LogP contribution in [0.25, 0.3) is 0 Å². The lowest BCUT2D eigenvalue weighted by atomic mass is 10.1. The van der Waals surface area contributed by atoms with E-state index in [1.807, 2.05) is 0 Å². The van der Waals surface area contributed by atoms with Crippen LogP contribution in [0.5, 0.6) is 6.01 Å². The number of likely N-dealkylation sites (tertiary alicyclic amines) is 1. The molecule has 0 aliphatic carbocycles. The van der Waals surface area contributed by atoms with Gasteiger partial charge in [-0.2, -0.15) is 0 Å². The second-order valence-electron chi connectivity index (χ2n) is 5.53. The molecule has 2 heterocycles. The van der Waals surface area contributed by atoms with Crippen LogP contribution in [0.1, 0.15) is 27.1 Å². The standard InChI is InChI=1S/C17H16BrN3O4/c1-24-16(23)12-4-2-11(3-5-12)15(22)21-7-6-14(10-21)25-17-19-8-13(18)9-20-17/h2-5,8-9,14H,6-7,10H2,1H3/t14-/m0/s1. The Kier molecular flexibility index (Phi) is 5.28. The van der Waals surface area contributed by atoms with Crippen molar-refractivity contribution in [3.63, 3.8) is 0 Å². The molecule has 1 amide bonds. The number of nitrogens with zero attached hydrogens (tertiary/aromatic N) is 3. The van der Waals surface area contributed by atoms with E-state index in [9.17, 15) is 9.59 Å². The number of halogens is 1. The van der Waals surface area contributed by atoms with Crippen molar-refractivity contribution in [3.05, 3.63) is 52.3 Å². The Balaban J connectivity index is 1.60. The molecule has 0 radical (unpaired) electrons. The zero-order valence-corrected chi connectivity index (χ0v) is 15.1. The Labute approximate surface area is 153 Å². The van der Waals surface area contributed by atoms with Crippen LogP contribution in [0.2, 0.25) is 0 Å². The van der Waals surface area contributed by atoms with Crippen molar-refractivity contribution in [2.24, 2.45) is 0 Å². The minimum Gasteiger partial charge on any atom is -0.465 e. The number of methoxy groups -OCH3 is 1. The molecule has 0 spiro atoms. The van der Waals surface area contributed by atoms with Crippen molar-refractivity contribution >= 4 is 27.8 Å². The average molecular weight is 406 g/mol. The smallest absolute Gasteiger partial charge is 0.337 e. The van der Waals surface area contributed by atoms with Gasteiger partial charge >= 0.3 is 12.0 Å². The summed E-state index contributed by atoms with van der Waals surface area (Å²) in [7, 11) is 1.32. The molecule has 1 aliphatic heterocycles. The van der Waals surface area contributed by atoms with Gasteiger partial charge in [-0.05, 0) is 40.2 Å². The molecule has 1 aromatic heterocycles. The van der Waals surface area contributed by atoms with Crippen LogP contribution in [0.3, 0.4) is 0 Å². The monoisotopic (exact) mass is 405 g/mol. The van der Waals surface area contributed by atoms with Gasteiger partial charge in [0.1, 0.15) is 6.10 Å². The molecular weight excluding hydrogens is 390 g/mol. The molecule has 130 valence electrons. The molecule has 1 saturated heterocycles. The number of aromatic nitrogens is 2. The summed E-state index contributed by atoms with van der Waals surface area (Å²) < 4.78 is 11.1. The normalized spacial score (nSPS) is 16.6. The third-order valence-electron chi connectivity index (χ3n) is 3.85. The fourth-order valence-corrected chi connectivity index (χ4v) is 2.77. The molecule has 7 nitrogen and oxygen atoms in total. The van der Waals surface area contributed by atoms with Crippen LogP contribution in [-0.2, 0) is 4.74 Å². The number of benzene rings is 1. The van der Waals surface area contributed by atoms with Gasteiger partial charge in [-0.1, -0.05) is 0 Å². The second kappa shape index (κ2) is 7.60. The third kappa shape index (κ3) is 4.14. The molecule has 0 bridgehead atoms. The number of hydrogen-bond acceptors (Lipinski definition) is 6. The molecule has 1 aromatic carbocycles. The van der Waals surface area contributed by atoms with Crippen molar-refractivity contribution in [1.82, 2.24) is 14.9 Å². The van der Waals surface area contributed by atoms with Crippen LogP contribution in [-0.4, -0.2) is 53.0 Å². The Hall–Kier alpha value is -2.48. The van der Waals surface area contributed by atoms with E-state index in [1.54, 1.807) is 41.6 Å². The minimum absolute atomic E-state index is 0.0979. The average Bonchev–Trinajstić information content (AvgIpc) is 3.11. The van der Waals surface area contributed by atoms with Crippen molar-refractivity contribution in [2.45, 2.75) is 12.5 Å². The fraction of sp³-hybridized carbons (Fsp3) is 0.294. The maximum Gasteiger partial charge on any atom is 0.337 e. The van der Waals surface area contributed by atoms with Crippen molar-refractivity contribution < 1.29 is 19.1 Å². The first kappa shape index (κ1) is 17.3.